The number of rotatable bonds is 5. The smallest absolute Gasteiger partial charge is 0.138 e. The molecule has 0 aliphatic rings. The number of hydrogen-bond acceptors (Lipinski definition) is 5. The van der Waals surface area contributed by atoms with Gasteiger partial charge < -0.3 is 10.1 Å². The number of aromatic nitrogens is 3. The Morgan fingerprint density at radius 3 is 2.70 bits per heavy atom. The lowest BCUT2D eigenvalue weighted by molar-refractivity contribution is 0.316. The molecule has 1 N–H and O–H groups in total. The van der Waals surface area contributed by atoms with Gasteiger partial charge in [0, 0.05) is 24.4 Å². The second kappa shape index (κ2) is 6.32. The fraction of sp³-hybridized carbons (Fsp3) is 0.400. The molecule has 0 amide bonds. The first-order valence-electron chi connectivity index (χ1n) is 6.77. The summed E-state index contributed by atoms with van der Waals surface area (Å²) in [7, 11) is 1.86. The molecule has 0 bridgehead atoms. The first-order valence-corrected chi connectivity index (χ1v) is 6.77. The molecule has 106 valence electrons. The largest absolute Gasteiger partial charge is 0.492 e. The maximum absolute atomic E-state index is 5.62. The highest BCUT2D eigenvalue weighted by Crippen LogP contribution is 2.27. The van der Waals surface area contributed by atoms with E-state index in [1.165, 1.54) is 0 Å². The summed E-state index contributed by atoms with van der Waals surface area (Å²) in [5, 5.41) is 3.09. The second-order valence-electron chi connectivity index (χ2n) is 4.60. The molecular weight excluding hydrogens is 252 g/mol. The van der Waals surface area contributed by atoms with Gasteiger partial charge in [-0.1, -0.05) is 6.92 Å². The molecule has 2 rings (SSSR count). The van der Waals surface area contributed by atoms with Crippen molar-refractivity contribution in [2.75, 3.05) is 19.0 Å². The molecule has 0 fully saturated rings. The number of nitrogens with one attached hydrogen (secondary N) is 1. The van der Waals surface area contributed by atoms with Crippen molar-refractivity contribution in [3.63, 3.8) is 0 Å². The van der Waals surface area contributed by atoms with Crippen LogP contribution in [0.2, 0.25) is 0 Å². The third kappa shape index (κ3) is 3.04. The Bertz CT molecular complexity index is 598. The molecule has 5 nitrogen and oxygen atoms in total. The summed E-state index contributed by atoms with van der Waals surface area (Å²) in [6.07, 6.45) is 4.49. The van der Waals surface area contributed by atoms with Crippen LogP contribution in [0.5, 0.6) is 5.75 Å². The van der Waals surface area contributed by atoms with Gasteiger partial charge in [0.1, 0.15) is 17.4 Å². The van der Waals surface area contributed by atoms with Crippen molar-refractivity contribution in [2.45, 2.75) is 27.2 Å². The van der Waals surface area contributed by atoms with Gasteiger partial charge >= 0.3 is 0 Å². The van der Waals surface area contributed by atoms with Crippen molar-refractivity contribution >= 4 is 5.82 Å². The van der Waals surface area contributed by atoms with E-state index < -0.39 is 0 Å². The van der Waals surface area contributed by atoms with Gasteiger partial charge in [-0.05, 0) is 26.3 Å². The van der Waals surface area contributed by atoms with E-state index in [0.717, 1.165) is 40.6 Å². The van der Waals surface area contributed by atoms with Crippen molar-refractivity contribution in [2.24, 2.45) is 0 Å². The fourth-order valence-corrected chi connectivity index (χ4v) is 2.00. The zero-order valence-electron chi connectivity index (χ0n) is 12.4. The Morgan fingerprint density at radius 2 is 2.00 bits per heavy atom. The lowest BCUT2D eigenvalue weighted by atomic mass is 10.1. The highest BCUT2D eigenvalue weighted by Gasteiger charge is 2.11. The van der Waals surface area contributed by atoms with Crippen LogP contribution in [0.4, 0.5) is 5.82 Å². The number of anilines is 1. The molecule has 0 aliphatic carbocycles. The quantitative estimate of drug-likeness (QED) is 0.906. The zero-order valence-corrected chi connectivity index (χ0v) is 12.4. The molecule has 0 spiro atoms. The maximum Gasteiger partial charge on any atom is 0.138 e. The van der Waals surface area contributed by atoms with Gasteiger partial charge in [-0.25, -0.2) is 9.97 Å². The van der Waals surface area contributed by atoms with E-state index in [0.29, 0.717) is 6.61 Å². The average molecular weight is 272 g/mol. The van der Waals surface area contributed by atoms with Gasteiger partial charge in [-0.2, -0.15) is 0 Å². The first kappa shape index (κ1) is 14.2. The molecule has 2 aromatic rings. The van der Waals surface area contributed by atoms with Gasteiger partial charge in [0.25, 0.3) is 0 Å². The van der Waals surface area contributed by atoms with Crippen LogP contribution in [0.15, 0.2) is 18.5 Å². The summed E-state index contributed by atoms with van der Waals surface area (Å²) >= 11 is 0. The van der Waals surface area contributed by atoms with Crippen LogP contribution < -0.4 is 10.1 Å². The first-order chi connectivity index (χ1) is 9.65. The Morgan fingerprint density at radius 1 is 1.20 bits per heavy atom. The Balaban J connectivity index is 2.43. The maximum atomic E-state index is 5.62. The zero-order chi connectivity index (χ0) is 14.5. The molecule has 2 aromatic heterocycles. The molecule has 20 heavy (non-hydrogen) atoms. The lowest BCUT2D eigenvalue weighted by Crippen LogP contribution is -2.03. The summed E-state index contributed by atoms with van der Waals surface area (Å²) < 4.78 is 5.62. The van der Waals surface area contributed by atoms with Crippen LogP contribution in [-0.4, -0.2) is 28.6 Å². The Hall–Kier alpha value is -2.17. The van der Waals surface area contributed by atoms with Crippen LogP contribution in [-0.2, 0) is 0 Å². The summed E-state index contributed by atoms with van der Waals surface area (Å²) in [6.45, 7) is 6.65. The number of aryl methyl sites for hydroxylation is 1. The van der Waals surface area contributed by atoms with Crippen molar-refractivity contribution in [1.29, 1.82) is 0 Å². The van der Waals surface area contributed by atoms with E-state index in [1.54, 1.807) is 12.4 Å². The van der Waals surface area contributed by atoms with Gasteiger partial charge in [0.05, 0.1) is 18.5 Å². The van der Waals surface area contributed by atoms with Crippen LogP contribution in [0, 0.1) is 13.8 Å². The topological polar surface area (TPSA) is 59.9 Å². The van der Waals surface area contributed by atoms with E-state index in [1.807, 2.05) is 27.0 Å². The van der Waals surface area contributed by atoms with E-state index >= 15 is 0 Å². The summed E-state index contributed by atoms with van der Waals surface area (Å²) in [4.78, 5) is 13.1. The molecule has 0 aliphatic heterocycles. The minimum absolute atomic E-state index is 0.689. The molecule has 0 atom stereocenters. The van der Waals surface area contributed by atoms with Crippen molar-refractivity contribution in [1.82, 2.24) is 15.0 Å². The number of hydrogen-bond donors (Lipinski definition) is 1. The monoisotopic (exact) mass is 272 g/mol. The normalized spacial score (nSPS) is 10.4. The second-order valence-corrected chi connectivity index (χ2v) is 4.60. The highest BCUT2D eigenvalue weighted by atomic mass is 16.5. The number of pyridine rings is 1. The van der Waals surface area contributed by atoms with Crippen molar-refractivity contribution in [3.8, 4) is 17.0 Å². The van der Waals surface area contributed by atoms with Crippen molar-refractivity contribution < 1.29 is 4.74 Å². The predicted molar refractivity (Wildman–Crippen MR) is 80.1 cm³/mol. The minimum atomic E-state index is 0.689. The third-order valence-corrected chi connectivity index (χ3v) is 2.95. The van der Waals surface area contributed by atoms with Crippen LogP contribution in [0.3, 0.4) is 0 Å². The van der Waals surface area contributed by atoms with Crippen LogP contribution >= 0.6 is 0 Å². The van der Waals surface area contributed by atoms with E-state index in [-0.39, 0.29) is 0 Å². The molecule has 0 unspecified atom stereocenters. The summed E-state index contributed by atoms with van der Waals surface area (Å²) in [6, 6.07) is 1.97. The van der Waals surface area contributed by atoms with Gasteiger partial charge in [-0.15, -0.1) is 0 Å². The van der Waals surface area contributed by atoms with E-state index in [9.17, 15) is 0 Å². The van der Waals surface area contributed by atoms with Gasteiger partial charge in [0.2, 0.25) is 0 Å². The molecule has 0 saturated carbocycles. The molecule has 2 heterocycles. The molecule has 0 aromatic carbocycles. The average Bonchev–Trinajstić information content (AvgIpc) is 2.47. The molecule has 0 radical (unpaired) electrons. The van der Waals surface area contributed by atoms with Crippen LogP contribution in [0.25, 0.3) is 11.3 Å². The third-order valence-electron chi connectivity index (χ3n) is 2.95. The van der Waals surface area contributed by atoms with Gasteiger partial charge in [0.15, 0.2) is 0 Å². The molecular formula is C15H20N4O. The Kier molecular flexibility index (Phi) is 4.50. The van der Waals surface area contributed by atoms with Gasteiger partial charge in [-0.3, -0.25) is 4.98 Å². The lowest BCUT2D eigenvalue weighted by Gasteiger charge is -2.11. The Labute approximate surface area is 119 Å². The van der Waals surface area contributed by atoms with E-state index in [2.05, 4.69) is 27.2 Å². The molecule has 5 heteroatoms. The molecule has 0 saturated heterocycles. The number of nitrogens with zero attached hydrogens (tertiary/aromatic N) is 3. The minimum Gasteiger partial charge on any atom is -0.492 e. The summed E-state index contributed by atoms with van der Waals surface area (Å²) in [5.74, 6) is 2.34. The predicted octanol–water partition coefficient (Wildman–Crippen LogP) is 2.99. The number of ether oxygens (including phenoxy) is 1. The SMILES string of the molecule is CCCOc1cncc(-c2nc(C)nc(NC)c2C)c1. The summed E-state index contributed by atoms with van der Waals surface area (Å²) in [5.41, 5.74) is 2.84. The standard InChI is InChI=1S/C15H20N4O/c1-5-6-20-13-7-12(8-17-9-13)14-10(2)15(16-4)19-11(3)18-14/h7-9H,5-6H2,1-4H3,(H,16,18,19). The van der Waals surface area contributed by atoms with Crippen molar-refractivity contribution in [3.05, 3.63) is 29.8 Å². The fourth-order valence-electron chi connectivity index (χ4n) is 2.00. The highest BCUT2D eigenvalue weighted by molar-refractivity contribution is 5.68. The van der Waals surface area contributed by atoms with E-state index in [4.69, 9.17) is 4.74 Å². The van der Waals surface area contributed by atoms with Crippen LogP contribution in [0.1, 0.15) is 24.7 Å².